The molecule has 0 aliphatic carbocycles. The van der Waals surface area contributed by atoms with Crippen molar-refractivity contribution in [2.45, 2.75) is 31.7 Å². The van der Waals surface area contributed by atoms with Gasteiger partial charge in [-0.3, -0.25) is 9.78 Å². The number of thiazole rings is 1. The topological polar surface area (TPSA) is 66.9 Å². The maximum absolute atomic E-state index is 12.4. The summed E-state index contributed by atoms with van der Waals surface area (Å²) in [5.74, 6) is -0.0101. The number of nitrogens with zero attached hydrogens (tertiary/aromatic N) is 2. The Morgan fingerprint density at radius 1 is 1.30 bits per heavy atom. The van der Waals surface area contributed by atoms with Crippen LogP contribution in [0, 0.1) is 0 Å². The highest BCUT2D eigenvalue weighted by atomic mass is 35.5. The van der Waals surface area contributed by atoms with Gasteiger partial charge in [-0.2, -0.15) is 0 Å². The van der Waals surface area contributed by atoms with Gasteiger partial charge in [0.2, 0.25) is 5.91 Å². The van der Waals surface area contributed by atoms with E-state index in [0.717, 1.165) is 37.2 Å². The molecule has 0 radical (unpaired) electrons. The van der Waals surface area contributed by atoms with E-state index in [1.807, 2.05) is 30.5 Å². The van der Waals surface area contributed by atoms with Gasteiger partial charge in [-0.05, 0) is 44.9 Å². The zero-order chi connectivity index (χ0) is 14.7. The van der Waals surface area contributed by atoms with E-state index in [2.05, 4.69) is 20.6 Å². The molecule has 126 valence electrons. The number of amides is 1. The molecule has 3 heterocycles. The molecule has 1 aliphatic rings. The Morgan fingerprint density at radius 2 is 2.13 bits per heavy atom. The quantitative estimate of drug-likeness (QED) is 0.862. The highest BCUT2D eigenvalue weighted by Crippen LogP contribution is 2.25. The van der Waals surface area contributed by atoms with Crippen LogP contribution in [0.4, 0.5) is 5.13 Å². The van der Waals surface area contributed by atoms with Crippen LogP contribution in [0.5, 0.6) is 0 Å². The van der Waals surface area contributed by atoms with Gasteiger partial charge in [0.15, 0.2) is 5.13 Å². The molecule has 23 heavy (non-hydrogen) atoms. The summed E-state index contributed by atoms with van der Waals surface area (Å²) in [4.78, 5) is 21.1. The van der Waals surface area contributed by atoms with Crippen LogP contribution in [0.1, 0.15) is 26.2 Å². The SMILES string of the molecule is CC1(C(=O)Nc2nc(-c3ccccn3)cs2)CCCCN1.Cl.Cl. The summed E-state index contributed by atoms with van der Waals surface area (Å²) in [5.41, 5.74) is 1.11. The number of pyridine rings is 1. The lowest BCUT2D eigenvalue weighted by Gasteiger charge is -2.33. The molecule has 2 aromatic heterocycles. The summed E-state index contributed by atoms with van der Waals surface area (Å²) < 4.78 is 0. The van der Waals surface area contributed by atoms with Crippen molar-refractivity contribution in [3.05, 3.63) is 29.8 Å². The van der Waals surface area contributed by atoms with Crippen LogP contribution in [0.3, 0.4) is 0 Å². The van der Waals surface area contributed by atoms with Gasteiger partial charge < -0.3 is 10.6 Å². The third-order valence-electron chi connectivity index (χ3n) is 3.77. The van der Waals surface area contributed by atoms with E-state index >= 15 is 0 Å². The maximum Gasteiger partial charge on any atom is 0.246 e. The van der Waals surface area contributed by atoms with E-state index < -0.39 is 5.54 Å². The van der Waals surface area contributed by atoms with E-state index in [1.54, 1.807) is 6.20 Å². The number of halogens is 2. The maximum atomic E-state index is 12.4. The van der Waals surface area contributed by atoms with Crippen LogP contribution in [-0.2, 0) is 4.79 Å². The summed E-state index contributed by atoms with van der Waals surface area (Å²) in [6.45, 7) is 2.84. The number of carbonyl (C=O) groups excluding carboxylic acids is 1. The first-order chi connectivity index (χ1) is 10.2. The molecule has 2 N–H and O–H groups in total. The smallest absolute Gasteiger partial charge is 0.246 e. The third-order valence-corrected chi connectivity index (χ3v) is 4.53. The van der Waals surface area contributed by atoms with Crippen molar-refractivity contribution in [2.75, 3.05) is 11.9 Å². The summed E-state index contributed by atoms with van der Waals surface area (Å²) in [5, 5.41) is 8.76. The predicted octanol–water partition coefficient (Wildman–Crippen LogP) is 3.52. The summed E-state index contributed by atoms with van der Waals surface area (Å²) in [6.07, 6.45) is 4.80. The molecule has 1 fully saturated rings. The Morgan fingerprint density at radius 3 is 2.78 bits per heavy atom. The first-order valence-electron chi connectivity index (χ1n) is 7.11. The van der Waals surface area contributed by atoms with Crippen LogP contribution in [0.25, 0.3) is 11.4 Å². The second kappa shape index (κ2) is 8.59. The molecule has 0 spiro atoms. The second-order valence-electron chi connectivity index (χ2n) is 5.42. The number of aromatic nitrogens is 2. The minimum atomic E-state index is -0.491. The number of piperidine rings is 1. The molecule has 5 nitrogen and oxygen atoms in total. The van der Waals surface area contributed by atoms with Crippen molar-refractivity contribution >= 4 is 47.2 Å². The molecule has 1 atom stereocenters. The lowest BCUT2D eigenvalue weighted by molar-refractivity contribution is -0.122. The molecular weight excluding hydrogens is 355 g/mol. The monoisotopic (exact) mass is 374 g/mol. The van der Waals surface area contributed by atoms with E-state index in [0.29, 0.717) is 5.13 Å². The largest absolute Gasteiger partial charge is 0.304 e. The van der Waals surface area contributed by atoms with E-state index in [4.69, 9.17) is 0 Å². The molecule has 2 aromatic rings. The van der Waals surface area contributed by atoms with Gasteiger partial charge in [-0.15, -0.1) is 36.2 Å². The molecule has 8 heteroatoms. The second-order valence-corrected chi connectivity index (χ2v) is 6.28. The van der Waals surface area contributed by atoms with Crippen molar-refractivity contribution < 1.29 is 4.79 Å². The Bertz CT molecular complexity index is 629. The summed E-state index contributed by atoms with van der Waals surface area (Å²) in [7, 11) is 0. The zero-order valence-corrected chi connectivity index (χ0v) is 15.2. The zero-order valence-electron chi connectivity index (χ0n) is 12.7. The average molecular weight is 375 g/mol. The Balaban J connectivity index is 0.00000132. The van der Waals surface area contributed by atoms with Crippen molar-refractivity contribution in [1.82, 2.24) is 15.3 Å². The number of hydrogen-bond acceptors (Lipinski definition) is 5. The van der Waals surface area contributed by atoms with Crippen molar-refractivity contribution in [3.63, 3.8) is 0 Å². The van der Waals surface area contributed by atoms with Crippen LogP contribution in [0.2, 0.25) is 0 Å². The fourth-order valence-electron chi connectivity index (χ4n) is 2.45. The highest BCUT2D eigenvalue weighted by Gasteiger charge is 2.34. The molecule has 0 bridgehead atoms. The molecule has 1 unspecified atom stereocenters. The highest BCUT2D eigenvalue weighted by molar-refractivity contribution is 7.14. The first kappa shape index (κ1) is 19.8. The molecule has 0 aromatic carbocycles. The number of anilines is 1. The number of rotatable bonds is 3. The molecule has 1 amide bonds. The van der Waals surface area contributed by atoms with Gasteiger partial charge >= 0.3 is 0 Å². The van der Waals surface area contributed by atoms with E-state index in [9.17, 15) is 4.79 Å². The lowest BCUT2D eigenvalue weighted by atomic mass is 9.90. The Kier molecular flexibility index (Phi) is 7.41. The van der Waals surface area contributed by atoms with Crippen molar-refractivity contribution in [1.29, 1.82) is 0 Å². The van der Waals surface area contributed by atoms with Crippen molar-refractivity contribution in [3.8, 4) is 11.4 Å². The van der Waals surface area contributed by atoms with Gasteiger partial charge in [0.05, 0.1) is 11.2 Å². The summed E-state index contributed by atoms with van der Waals surface area (Å²) in [6, 6.07) is 5.70. The standard InChI is InChI=1S/C15H18N4OS.2ClH/c1-15(7-3-5-9-17-15)13(20)19-14-18-12(10-21-14)11-6-2-4-8-16-11;;/h2,4,6,8,10,17H,3,5,7,9H2,1H3,(H,18,19,20);2*1H. The molecule has 1 saturated heterocycles. The van der Waals surface area contributed by atoms with Crippen LogP contribution >= 0.6 is 36.2 Å². The predicted molar refractivity (Wildman–Crippen MR) is 98.7 cm³/mol. The minimum Gasteiger partial charge on any atom is -0.304 e. The third kappa shape index (κ3) is 4.64. The van der Waals surface area contributed by atoms with Gasteiger partial charge in [0.1, 0.15) is 5.69 Å². The number of carbonyl (C=O) groups is 1. The fraction of sp³-hybridized carbons (Fsp3) is 0.400. The number of nitrogens with one attached hydrogen (secondary N) is 2. The van der Waals surface area contributed by atoms with Crippen LogP contribution in [-0.4, -0.2) is 28.0 Å². The molecule has 0 saturated carbocycles. The Labute approximate surface area is 152 Å². The Hall–Kier alpha value is -1.21. The molecule has 1 aliphatic heterocycles. The van der Waals surface area contributed by atoms with Gasteiger partial charge in [-0.1, -0.05) is 6.07 Å². The average Bonchev–Trinajstić information content (AvgIpc) is 2.97. The first-order valence-corrected chi connectivity index (χ1v) is 7.99. The minimum absolute atomic E-state index is 0. The number of hydrogen-bond donors (Lipinski definition) is 2. The fourth-order valence-corrected chi connectivity index (χ4v) is 3.15. The van der Waals surface area contributed by atoms with Crippen LogP contribution < -0.4 is 10.6 Å². The van der Waals surface area contributed by atoms with E-state index in [-0.39, 0.29) is 30.7 Å². The summed E-state index contributed by atoms with van der Waals surface area (Å²) >= 11 is 1.42. The molecule has 3 rings (SSSR count). The van der Waals surface area contributed by atoms with E-state index in [1.165, 1.54) is 11.3 Å². The lowest BCUT2D eigenvalue weighted by Crippen LogP contribution is -2.54. The van der Waals surface area contributed by atoms with Gasteiger partial charge in [0.25, 0.3) is 0 Å². The molecular formula is C15H20Cl2N4OS. The normalized spacial score (nSPS) is 20.0. The van der Waals surface area contributed by atoms with Gasteiger partial charge in [0, 0.05) is 11.6 Å². The van der Waals surface area contributed by atoms with Gasteiger partial charge in [-0.25, -0.2) is 4.98 Å². The van der Waals surface area contributed by atoms with Crippen LogP contribution in [0.15, 0.2) is 29.8 Å². The van der Waals surface area contributed by atoms with Crippen molar-refractivity contribution in [2.24, 2.45) is 0 Å².